The quantitative estimate of drug-likeness (QED) is 0.262. The summed E-state index contributed by atoms with van der Waals surface area (Å²) in [6, 6.07) is 17.7. The molecule has 0 spiro atoms. The van der Waals surface area contributed by atoms with Crippen molar-refractivity contribution in [2.45, 2.75) is 17.4 Å². The first-order valence-corrected chi connectivity index (χ1v) is 9.97. The molecule has 1 aromatic heterocycles. The van der Waals surface area contributed by atoms with Crippen molar-refractivity contribution >= 4 is 40.5 Å². The van der Waals surface area contributed by atoms with Gasteiger partial charge in [0.15, 0.2) is 0 Å². The molecule has 0 radical (unpaired) electrons. The molecule has 6 nitrogen and oxygen atoms in total. The number of carbonyl (C=O) groups is 1. The highest BCUT2D eigenvalue weighted by molar-refractivity contribution is 8.00. The Balaban J connectivity index is 1.68. The van der Waals surface area contributed by atoms with Crippen molar-refractivity contribution < 1.29 is 10.0 Å². The lowest BCUT2D eigenvalue weighted by atomic mass is 10.2. The SMILES string of the molecule is CNc1cccc2cc(C(=O)NCC(C)(/C=N/O)SCc3ccccc3)[nH]c12. The molecule has 0 aliphatic heterocycles. The van der Waals surface area contributed by atoms with Gasteiger partial charge in [0.25, 0.3) is 5.91 Å². The topological polar surface area (TPSA) is 89.5 Å². The molecule has 0 aliphatic rings. The number of nitrogens with zero attached hydrogens (tertiary/aromatic N) is 1. The monoisotopic (exact) mass is 396 g/mol. The van der Waals surface area contributed by atoms with Crippen LogP contribution < -0.4 is 10.6 Å². The van der Waals surface area contributed by atoms with Gasteiger partial charge in [-0.25, -0.2) is 0 Å². The molecule has 4 N–H and O–H groups in total. The number of thioether (sulfide) groups is 1. The molecule has 1 heterocycles. The number of hydrogen-bond donors (Lipinski definition) is 4. The van der Waals surface area contributed by atoms with Crippen molar-refractivity contribution in [2.24, 2.45) is 5.16 Å². The molecule has 0 bridgehead atoms. The number of aromatic amines is 1. The molecule has 7 heteroatoms. The molecule has 0 aliphatic carbocycles. The Bertz CT molecular complexity index is 971. The Labute approximate surface area is 168 Å². The fraction of sp³-hybridized carbons (Fsp3) is 0.238. The van der Waals surface area contributed by atoms with E-state index in [1.807, 2.05) is 68.6 Å². The Kier molecular flexibility index (Phi) is 6.26. The molecule has 1 atom stereocenters. The highest BCUT2D eigenvalue weighted by Crippen LogP contribution is 2.27. The number of nitrogens with one attached hydrogen (secondary N) is 3. The zero-order valence-electron chi connectivity index (χ0n) is 15.9. The smallest absolute Gasteiger partial charge is 0.267 e. The van der Waals surface area contributed by atoms with Crippen LogP contribution in [-0.2, 0) is 5.75 Å². The Morgan fingerprint density at radius 3 is 2.75 bits per heavy atom. The van der Waals surface area contributed by atoms with Gasteiger partial charge in [0, 0.05) is 24.7 Å². The number of para-hydroxylation sites is 1. The maximum absolute atomic E-state index is 12.7. The fourth-order valence-electron chi connectivity index (χ4n) is 2.92. The van der Waals surface area contributed by atoms with E-state index in [-0.39, 0.29) is 5.91 Å². The van der Waals surface area contributed by atoms with Crippen LogP contribution >= 0.6 is 11.8 Å². The second-order valence-corrected chi connectivity index (χ2v) is 8.23. The number of aromatic nitrogens is 1. The zero-order chi connectivity index (χ0) is 20.0. The van der Waals surface area contributed by atoms with Gasteiger partial charge >= 0.3 is 0 Å². The van der Waals surface area contributed by atoms with E-state index < -0.39 is 4.75 Å². The van der Waals surface area contributed by atoms with Gasteiger partial charge in [-0.3, -0.25) is 4.79 Å². The van der Waals surface area contributed by atoms with Gasteiger partial charge in [-0.15, -0.1) is 16.9 Å². The summed E-state index contributed by atoms with van der Waals surface area (Å²) in [5.74, 6) is 0.549. The maximum atomic E-state index is 12.7. The average Bonchev–Trinajstić information content (AvgIpc) is 3.16. The summed E-state index contributed by atoms with van der Waals surface area (Å²) in [7, 11) is 1.85. The predicted octanol–water partition coefficient (Wildman–Crippen LogP) is 4.09. The number of oxime groups is 1. The number of carbonyl (C=O) groups excluding carboxylic acids is 1. The molecular weight excluding hydrogens is 372 g/mol. The molecule has 0 saturated carbocycles. The zero-order valence-corrected chi connectivity index (χ0v) is 16.7. The molecule has 146 valence electrons. The van der Waals surface area contributed by atoms with Crippen molar-refractivity contribution in [2.75, 3.05) is 18.9 Å². The van der Waals surface area contributed by atoms with Crippen LogP contribution in [-0.4, -0.2) is 40.7 Å². The summed E-state index contributed by atoms with van der Waals surface area (Å²) in [6.07, 6.45) is 1.46. The third kappa shape index (κ3) is 4.67. The summed E-state index contributed by atoms with van der Waals surface area (Å²) in [6.45, 7) is 2.27. The van der Waals surface area contributed by atoms with Crippen molar-refractivity contribution in [3.05, 3.63) is 65.9 Å². The van der Waals surface area contributed by atoms with Crippen molar-refractivity contribution in [3.8, 4) is 0 Å². The molecule has 3 rings (SSSR count). The van der Waals surface area contributed by atoms with Crippen LogP contribution in [0.5, 0.6) is 0 Å². The molecule has 28 heavy (non-hydrogen) atoms. The van der Waals surface area contributed by atoms with E-state index in [0.29, 0.717) is 12.2 Å². The number of fused-ring (bicyclic) bond motifs is 1. The highest BCUT2D eigenvalue weighted by atomic mass is 32.2. The summed E-state index contributed by atoms with van der Waals surface area (Å²) in [4.78, 5) is 15.8. The molecule has 3 aromatic rings. The first kappa shape index (κ1) is 19.8. The van der Waals surface area contributed by atoms with Gasteiger partial charge in [0.1, 0.15) is 5.69 Å². The molecule has 0 fully saturated rings. The van der Waals surface area contributed by atoms with Crippen molar-refractivity contribution in [1.29, 1.82) is 0 Å². The van der Waals surface area contributed by atoms with E-state index in [9.17, 15) is 4.79 Å². The minimum Gasteiger partial charge on any atom is -0.411 e. The summed E-state index contributed by atoms with van der Waals surface area (Å²) < 4.78 is -0.539. The maximum Gasteiger partial charge on any atom is 0.267 e. The van der Waals surface area contributed by atoms with Gasteiger partial charge in [0.2, 0.25) is 0 Å². The van der Waals surface area contributed by atoms with E-state index in [1.54, 1.807) is 11.8 Å². The summed E-state index contributed by atoms with van der Waals surface area (Å²) in [5, 5.41) is 19.3. The van der Waals surface area contributed by atoms with Crippen LogP contribution in [0, 0.1) is 0 Å². The average molecular weight is 397 g/mol. The first-order chi connectivity index (χ1) is 13.5. The van der Waals surface area contributed by atoms with E-state index in [0.717, 1.165) is 22.3 Å². The lowest BCUT2D eigenvalue weighted by molar-refractivity contribution is 0.0948. The van der Waals surface area contributed by atoms with E-state index >= 15 is 0 Å². The van der Waals surface area contributed by atoms with Crippen LogP contribution in [0.4, 0.5) is 5.69 Å². The highest BCUT2D eigenvalue weighted by Gasteiger charge is 2.25. The standard InChI is InChI=1S/C21H24N4O2S/c1-21(14-24-27,28-12-15-7-4-3-5-8-15)13-23-20(26)18-11-16-9-6-10-17(22-2)19(16)25-18/h3-11,14,22,25,27H,12-13H2,1-2H3,(H,23,26)/b24-14+. The van der Waals surface area contributed by atoms with Crippen molar-refractivity contribution in [1.82, 2.24) is 10.3 Å². The third-order valence-electron chi connectivity index (χ3n) is 4.51. The van der Waals surface area contributed by atoms with Gasteiger partial charge in [-0.2, -0.15) is 0 Å². The fourth-order valence-corrected chi connectivity index (χ4v) is 3.90. The molecule has 1 amide bonds. The lowest BCUT2D eigenvalue weighted by Crippen LogP contribution is -2.39. The number of amides is 1. The van der Waals surface area contributed by atoms with Crippen LogP contribution in [0.1, 0.15) is 23.0 Å². The van der Waals surface area contributed by atoms with E-state index in [1.165, 1.54) is 11.8 Å². The number of anilines is 1. The Hall–Kier alpha value is -2.93. The number of hydrogen-bond acceptors (Lipinski definition) is 5. The first-order valence-electron chi connectivity index (χ1n) is 8.99. The Morgan fingerprint density at radius 2 is 2.04 bits per heavy atom. The van der Waals surface area contributed by atoms with E-state index in [2.05, 4.69) is 20.8 Å². The van der Waals surface area contributed by atoms with Crippen LogP contribution in [0.2, 0.25) is 0 Å². The summed E-state index contributed by atoms with van der Waals surface area (Å²) >= 11 is 1.61. The largest absolute Gasteiger partial charge is 0.411 e. The van der Waals surface area contributed by atoms with Crippen LogP contribution in [0.15, 0.2) is 59.8 Å². The second kappa shape index (κ2) is 8.84. The predicted molar refractivity (Wildman–Crippen MR) is 117 cm³/mol. The van der Waals surface area contributed by atoms with Gasteiger partial charge in [-0.1, -0.05) is 42.5 Å². The molecule has 1 unspecified atom stereocenters. The van der Waals surface area contributed by atoms with Crippen LogP contribution in [0.3, 0.4) is 0 Å². The number of benzene rings is 2. The number of H-pyrrole nitrogens is 1. The minimum absolute atomic E-state index is 0.198. The van der Waals surface area contributed by atoms with Gasteiger partial charge in [0.05, 0.1) is 22.2 Å². The lowest BCUT2D eigenvalue weighted by Gasteiger charge is -2.24. The van der Waals surface area contributed by atoms with Crippen LogP contribution in [0.25, 0.3) is 10.9 Å². The van der Waals surface area contributed by atoms with Gasteiger partial charge < -0.3 is 20.8 Å². The summed E-state index contributed by atoms with van der Waals surface area (Å²) in [5.41, 5.74) is 3.50. The molecular formula is C21H24N4O2S. The van der Waals surface area contributed by atoms with Gasteiger partial charge in [-0.05, 0) is 24.6 Å². The second-order valence-electron chi connectivity index (χ2n) is 6.72. The Morgan fingerprint density at radius 1 is 1.25 bits per heavy atom. The molecule has 0 saturated heterocycles. The minimum atomic E-state index is -0.539. The normalized spacial score (nSPS) is 13.5. The third-order valence-corrected chi connectivity index (χ3v) is 5.90. The van der Waals surface area contributed by atoms with Crippen molar-refractivity contribution in [3.63, 3.8) is 0 Å². The van der Waals surface area contributed by atoms with E-state index in [4.69, 9.17) is 5.21 Å². The molecule has 2 aromatic carbocycles. The number of rotatable bonds is 8.